The van der Waals surface area contributed by atoms with Crippen LogP contribution in [-0.4, -0.2) is 14.3 Å². The van der Waals surface area contributed by atoms with E-state index in [4.69, 9.17) is 34.8 Å². The second-order valence-corrected chi connectivity index (χ2v) is 8.71. The molecule has 150 valence electrons. The largest absolute Gasteiger partial charge is 0.322 e. The van der Waals surface area contributed by atoms with E-state index in [1.165, 1.54) is 36.4 Å². The fraction of sp³-hybridized carbons (Fsp3) is 0. The normalized spacial score (nSPS) is 11.2. The fourth-order valence-electron chi connectivity index (χ4n) is 2.40. The molecule has 0 heterocycles. The number of rotatable bonds is 5. The quantitative estimate of drug-likeness (QED) is 0.489. The van der Waals surface area contributed by atoms with Crippen LogP contribution in [0.5, 0.6) is 0 Å². The van der Waals surface area contributed by atoms with Gasteiger partial charge in [0.2, 0.25) is 0 Å². The predicted octanol–water partition coefficient (Wildman–Crippen LogP) is 5.84. The van der Waals surface area contributed by atoms with Crippen LogP contribution < -0.4 is 10.0 Å². The standard InChI is InChI=1S/C19H12Cl3FN2O3S/c20-11-5-7-13(16(23)9-11)19(26)24-12-6-8-15(22)18(10-12)29(27,28)25-17-4-2-1-3-14(17)21/h1-10,25H,(H,24,26). The molecule has 3 aromatic rings. The number of sulfonamides is 1. The number of carbonyl (C=O) groups excluding carboxylic acids is 1. The molecule has 3 rings (SSSR count). The fourth-order valence-corrected chi connectivity index (χ4v) is 4.41. The Balaban J connectivity index is 1.89. The van der Waals surface area contributed by atoms with Crippen molar-refractivity contribution in [1.29, 1.82) is 0 Å². The molecule has 0 saturated heterocycles. The second kappa shape index (κ2) is 8.59. The van der Waals surface area contributed by atoms with Crippen molar-refractivity contribution in [2.45, 2.75) is 4.90 Å². The van der Waals surface area contributed by atoms with E-state index in [-0.39, 0.29) is 36.9 Å². The van der Waals surface area contributed by atoms with Gasteiger partial charge in [-0.15, -0.1) is 0 Å². The minimum Gasteiger partial charge on any atom is -0.322 e. The Hall–Kier alpha value is -2.32. The van der Waals surface area contributed by atoms with Gasteiger partial charge < -0.3 is 5.32 Å². The van der Waals surface area contributed by atoms with Crippen LogP contribution in [0.25, 0.3) is 0 Å². The molecule has 0 aliphatic rings. The van der Waals surface area contributed by atoms with Gasteiger partial charge in [0.1, 0.15) is 10.7 Å². The lowest BCUT2D eigenvalue weighted by atomic mass is 10.2. The maximum Gasteiger partial charge on any atom is 0.263 e. The van der Waals surface area contributed by atoms with Gasteiger partial charge in [-0.1, -0.05) is 46.9 Å². The Morgan fingerprint density at radius 2 is 1.62 bits per heavy atom. The summed E-state index contributed by atoms with van der Waals surface area (Å²) in [6.45, 7) is 0. The third-order valence-electron chi connectivity index (χ3n) is 3.77. The molecule has 0 radical (unpaired) electrons. The summed E-state index contributed by atoms with van der Waals surface area (Å²) in [6, 6.07) is 13.7. The predicted molar refractivity (Wildman–Crippen MR) is 113 cm³/mol. The van der Waals surface area contributed by atoms with E-state index in [0.717, 1.165) is 12.1 Å². The Labute approximate surface area is 181 Å². The Morgan fingerprint density at radius 1 is 0.897 bits per heavy atom. The van der Waals surface area contributed by atoms with Crippen LogP contribution in [0, 0.1) is 5.82 Å². The van der Waals surface area contributed by atoms with Crippen molar-refractivity contribution in [2.24, 2.45) is 0 Å². The first-order chi connectivity index (χ1) is 13.7. The zero-order valence-corrected chi connectivity index (χ0v) is 17.5. The van der Waals surface area contributed by atoms with Crippen molar-refractivity contribution in [3.05, 3.63) is 87.1 Å². The lowest BCUT2D eigenvalue weighted by Gasteiger charge is -2.13. The highest BCUT2D eigenvalue weighted by molar-refractivity contribution is 7.92. The average Bonchev–Trinajstić information content (AvgIpc) is 2.65. The van der Waals surface area contributed by atoms with Crippen LogP contribution in [-0.2, 0) is 10.0 Å². The second-order valence-electron chi connectivity index (χ2n) is 5.81. The minimum absolute atomic E-state index is 0.0692. The number of carbonyl (C=O) groups is 1. The van der Waals surface area contributed by atoms with E-state index in [0.29, 0.717) is 0 Å². The topological polar surface area (TPSA) is 75.3 Å². The van der Waals surface area contributed by atoms with Gasteiger partial charge in [-0.25, -0.2) is 12.8 Å². The Kier molecular flexibility index (Phi) is 6.33. The summed E-state index contributed by atoms with van der Waals surface area (Å²) < 4.78 is 41.7. The number of hydrogen-bond donors (Lipinski definition) is 2. The SMILES string of the molecule is O=C(Nc1ccc(Cl)c(S(=O)(=O)Nc2ccccc2Cl)c1)c1ccc(Cl)cc1F. The molecule has 3 aromatic carbocycles. The minimum atomic E-state index is -4.11. The highest BCUT2D eigenvalue weighted by Crippen LogP contribution is 2.29. The summed E-state index contributed by atoms with van der Waals surface area (Å²) in [5.74, 6) is -1.58. The van der Waals surface area contributed by atoms with Crippen molar-refractivity contribution in [3.8, 4) is 0 Å². The maximum atomic E-state index is 13.9. The average molecular weight is 474 g/mol. The highest BCUT2D eigenvalue weighted by Gasteiger charge is 2.21. The molecule has 29 heavy (non-hydrogen) atoms. The van der Waals surface area contributed by atoms with Crippen molar-refractivity contribution in [2.75, 3.05) is 10.0 Å². The number of anilines is 2. The van der Waals surface area contributed by atoms with Crippen LogP contribution in [0.15, 0.2) is 65.6 Å². The summed E-state index contributed by atoms with van der Waals surface area (Å²) in [5.41, 5.74) is 0.0270. The first-order valence-electron chi connectivity index (χ1n) is 8.01. The van der Waals surface area contributed by atoms with Gasteiger partial charge >= 0.3 is 0 Å². The number of para-hydroxylation sites is 1. The van der Waals surface area contributed by atoms with Crippen LogP contribution in [0.1, 0.15) is 10.4 Å². The molecule has 0 bridgehead atoms. The molecule has 0 fully saturated rings. The van der Waals surface area contributed by atoms with Gasteiger partial charge in [-0.3, -0.25) is 9.52 Å². The molecule has 5 nitrogen and oxygen atoms in total. The van der Waals surface area contributed by atoms with Crippen molar-refractivity contribution < 1.29 is 17.6 Å². The van der Waals surface area contributed by atoms with Crippen molar-refractivity contribution in [1.82, 2.24) is 0 Å². The molecular weight excluding hydrogens is 462 g/mol. The van der Waals surface area contributed by atoms with Gasteiger partial charge in [0, 0.05) is 10.7 Å². The molecule has 0 atom stereocenters. The number of benzene rings is 3. The van der Waals surface area contributed by atoms with E-state index >= 15 is 0 Å². The van der Waals surface area contributed by atoms with Crippen molar-refractivity contribution >= 4 is 62.1 Å². The van der Waals surface area contributed by atoms with Gasteiger partial charge in [0.05, 0.1) is 21.3 Å². The lowest BCUT2D eigenvalue weighted by Crippen LogP contribution is -2.16. The van der Waals surface area contributed by atoms with E-state index in [2.05, 4.69) is 10.0 Å². The molecule has 0 aromatic heterocycles. The zero-order valence-electron chi connectivity index (χ0n) is 14.4. The van der Waals surface area contributed by atoms with E-state index in [9.17, 15) is 17.6 Å². The molecular formula is C19H12Cl3FN2O3S. The third kappa shape index (κ3) is 5.00. The van der Waals surface area contributed by atoms with E-state index in [1.54, 1.807) is 12.1 Å². The van der Waals surface area contributed by atoms with E-state index < -0.39 is 21.7 Å². The summed E-state index contributed by atoms with van der Waals surface area (Å²) in [7, 11) is -4.11. The van der Waals surface area contributed by atoms with Crippen LogP contribution in [0.4, 0.5) is 15.8 Å². The number of nitrogens with one attached hydrogen (secondary N) is 2. The molecule has 0 spiro atoms. The Bertz CT molecular complexity index is 1200. The zero-order chi connectivity index (χ0) is 21.2. The van der Waals surface area contributed by atoms with Gasteiger partial charge in [-0.2, -0.15) is 0 Å². The molecule has 0 unspecified atom stereocenters. The third-order valence-corrected chi connectivity index (χ3v) is 6.18. The molecule has 0 saturated carbocycles. The van der Waals surface area contributed by atoms with Gasteiger partial charge in [-0.05, 0) is 48.5 Å². The first-order valence-corrected chi connectivity index (χ1v) is 10.6. The van der Waals surface area contributed by atoms with E-state index in [1.807, 2.05) is 0 Å². The first kappa shape index (κ1) is 21.4. The van der Waals surface area contributed by atoms with Crippen LogP contribution in [0.2, 0.25) is 15.1 Å². The number of halogens is 4. The smallest absolute Gasteiger partial charge is 0.263 e. The van der Waals surface area contributed by atoms with Gasteiger partial charge in [0.15, 0.2) is 0 Å². The summed E-state index contributed by atoms with van der Waals surface area (Å²) in [5, 5.41) is 2.71. The Morgan fingerprint density at radius 3 is 2.31 bits per heavy atom. The highest BCUT2D eigenvalue weighted by atomic mass is 35.5. The molecule has 0 aliphatic heterocycles. The molecule has 2 N–H and O–H groups in total. The molecule has 1 amide bonds. The number of amides is 1. The summed E-state index contributed by atoms with van der Waals surface area (Å²) >= 11 is 17.7. The lowest BCUT2D eigenvalue weighted by molar-refractivity contribution is 0.102. The molecule has 0 aliphatic carbocycles. The van der Waals surface area contributed by atoms with Crippen LogP contribution >= 0.6 is 34.8 Å². The molecule has 10 heteroatoms. The van der Waals surface area contributed by atoms with Gasteiger partial charge in [0.25, 0.3) is 15.9 Å². The number of hydrogen-bond acceptors (Lipinski definition) is 3. The summed E-state index contributed by atoms with van der Waals surface area (Å²) in [4.78, 5) is 12.0. The van der Waals surface area contributed by atoms with Crippen molar-refractivity contribution in [3.63, 3.8) is 0 Å². The maximum absolute atomic E-state index is 13.9. The van der Waals surface area contributed by atoms with Crippen LogP contribution in [0.3, 0.4) is 0 Å². The monoisotopic (exact) mass is 472 g/mol. The summed E-state index contributed by atoms with van der Waals surface area (Å²) in [6.07, 6.45) is 0.